The molecule has 0 spiro atoms. The maximum atomic E-state index is 13.7. The first-order valence-electron chi connectivity index (χ1n) is 9.14. The summed E-state index contributed by atoms with van der Waals surface area (Å²) in [6.07, 6.45) is 1.57. The maximum absolute atomic E-state index is 13.7. The van der Waals surface area contributed by atoms with Gasteiger partial charge in [0.1, 0.15) is 5.82 Å². The molecule has 0 radical (unpaired) electrons. The molecule has 2 aromatic carbocycles. The van der Waals surface area contributed by atoms with Crippen LogP contribution in [0.15, 0.2) is 82.6 Å². The minimum Gasteiger partial charge on any atom is -0.461 e. The van der Waals surface area contributed by atoms with E-state index in [2.05, 4.69) is 15.2 Å². The van der Waals surface area contributed by atoms with E-state index in [0.717, 1.165) is 10.3 Å². The molecule has 0 fully saturated rings. The van der Waals surface area contributed by atoms with Crippen molar-refractivity contribution >= 4 is 22.8 Å². The van der Waals surface area contributed by atoms with Gasteiger partial charge in [0.15, 0.2) is 10.9 Å². The standard InChI is InChI=1S/C21H15F2N5OS/c22-20(23)28-16-10-5-4-9-15(16)24-18(28)13-30-21-26-25-19(17-11-6-12-29-17)27(21)14-7-2-1-3-8-14/h1-12,20H,13H2. The topological polar surface area (TPSA) is 61.7 Å². The van der Waals surface area contributed by atoms with Crippen LogP contribution in [-0.2, 0) is 5.75 Å². The molecule has 0 aliphatic heterocycles. The van der Waals surface area contributed by atoms with E-state index >= 15 is 0 Å². The number of furan rings is 1. The average molecular weight is 423 g/mol. The lowest BCUT2D eigenvalue weighted by Gasteiger charge is -2.10. The van der Waals surface area contributed by atoms with E-state index in [1.54, 1.807) is 42.7 Å². The van der Waals surface area contributed by atoms with Gasteiger partial charge in [-0.25, -0.2) is 4.98 Å². The SMILES string of the molecule is FC(F)n1c(CSc2nnc(-c3ccco3)n2-c2ccccc2)nc2ccccc21. The van der Waals surface area contributed by atoms with Gasteiger partial charge >= 0.3 is 6.55 Å². The first-order chi connectivity index (χ1) is 14.7. The molecule has 5 rings (SSSR count). The summed E-state index contributed by atoms with van der Waals surface area (Å²) in [7, 11) is 0. The first-order valence-corrected chi connectivity index (χ1v) is 10.1. The first kappa shape index (κ1) is 18.6. The summed E-state index contributed by atoms with van der Waals surface area (Å²) in [6.45, 7) is -2.68. The summed E-state index contributed by atoms with van der Waals surface area (Å²) in [5.74, 6) is 1.59. The Morgan fingerprint density at radius 3 is 2.50 bits per heavy atom. The summed E-state index contributed by atoms with van der Waals surface area (Å²) >= 11 is 1.29. The molecule has 3 heterocycles. The van der Waals surface area contributed by atoms with Crippen LogP contribution < -0.4 is 0 Å². The van der Waals surface area contributed by atoms with Gasteiger partial charge < -0.3 is 4.42 Å². The number of fused-ring (bicyclic) bond motifs is 1. The Morgan fingerprint density at radius 2 is 1.73 bits per heavy atom. The van der Waals surface area contributed by atoms with Gasteiger partial charge in [0.05, 0.1) is 23.0 Å². The fourth-order valence-electron chi connectivity index (χ4n) is 3.28. The second kappa shape index (κ2) is 7.75. The molecule has 0 bridgehead atoms. The number of alkyl halides is 2. The molecule has 0 aliphatic carbocycles. The molecule has 0 aliphatic rings. The molecule has 9 heteroatoms. The van der Waals surface area contributed by atoms with Crippen LogP contribution in [0.1, 0.15) is 12.4 Å². The van der Waals surface area contributed by atoms with E-state index < -0.39 is 6.55 Å². The normalized spacial score (nSPS) is 11.6. The number of imidazole rings is 1. The molecule has 3 aromatic heterocycles. The zero-order valence-electron chi connectivity index (χ0n) is 15.5. The van der Waals surface area contributed by atoms with Crippen LogP contribution in [0.25, 0.3) is 28.3 Å². The molecular weight excluding hydrogens is 408 g/mol. The van der Waals surface area contributed by atoms with Crippen molar-refractivity contribution in [1.29, 1.82) is 0 Å². The molecule has 0 unspecified atom stereocenters. The molecule has 6 nitrogen and oxygen atoms in total. The van der Waals surface area contributed by atoms with Gasteiger partial charge in [0.25, 0.3) is 0 Å². The molecule has 0 atom stereocenters. The van der Waals surface area contributed by atoms with Crippen molar-refractivity contribution in [3.8, 4) is 17.3 Å². The van der Waals surface area contributed by atoms with E-state index in [-0.39, 0.29) is 11.6 Å². The van der Waals surface area contributed by atoms with Crippen molar-refractivity contribution in [2.24, 2.45) is 0 Å². The van der Waals surface area contributed by atoms with Crippen LogP contribution in [0.5, 0.6) is 0 Å². The molecule has 0 saturated carbocycles. The van der Waals surface area contributed by atoms with E-state index in [4.69, 9.17) is 4.42 Å². The Bertz CT molecular complexity index is 1280. The highest BCUT2D eigenvalue weighted by Gasteiger charge is 2.21. The van der Waals surface area contributed by atoms with Gasteiger partial charge in [0.2, 0.25) is 5.82 Å². The number of halogens is 2. The minimum atomic E-state index is -2.68. The van der Waals surface area contributed by atoms with Gasteiger partial charge in [-0.1, -0.05) is 42.1 Å². The fraction of sp³-hybridized carbons (Fsp3) is 0.0952. The smallest absolute Gasteiger partial charge is 0.320 e. The number of aromatic nitrogens is 5. The highest BCUT2D eigenvalue weighted by atomic mass is 32.2. The zero-order chi connectivity index (χ0) is 20.5. The summed E-state index contributed by atoms with van der Waals surface area (Å²) in [6, 6.07) is 20.0. The average Bonchev–Trinajstić information content (AvgIpc) is 3.50. The van der Waals surface area contributed by atoms with Crippen LogP contribution in [0.2, 0.25) is 0 Å². The number of nitrogens with zero attached hydrogens (tertiary/aromatic N) is 5. The second-order valence-corrected chi connectivity index (χ2v) is 7.35. The third kappa shape index (κ3) is 3.26. The monoisotopic (exact) mass is 423 g/mol. The van der Waals surface area contributed by atoms with E-state index in [0.29, 0.717) is 27.8 Å². The van der Waals surface area contributed by atoms with Crippen molar-refractivity contribution in [2.45, 2.75) is 17.5 Å². The largest absolute Gasteiger partial charge is 0.461 e. The predicted molar refractivity (Wildman–Crippen MR) is 110 cm³/mol. The number of para-hydroxylation sites is 3. The third-order valence-corrected chi connectivity index (χ3v) is 5.51. The van der Waals surface area contributed by atoms with Crippen molar-refractivity contribution in [3.63, 3.8) is 0 Å². The highest BCUT2D eigenvalue weighted by Crippen LogP contribution is 2.31. The van der Waals surface area contributed by atoms with Gasteiger partial charge in [-0.15, -0.1) is 10.2 Å². The van der Waals surface area contributed by atoms with E-state index in [9.17, 15) is 8.78 Å². The minimum absolute atomic E-state index is 0.210. The quantitative estimate of drug-likeness (QED) is 0.335. The van der Waals surface area contributed by atoms with E-state index in [1.165, 1.54) is 11.8 Å². The van der Waals surface area contributed by atoms with Gasteiger partial charge in [-0.3, -0.25) is 9.13 Å². The molecular formula is C21H15F2N5OS. The van der Waals surface area contributed by atoms with Crippen LogP contribution in [0.4, 0.5) is 8.78 Å². The number of rotatable bonds is 6. The molecule has 0 amide bonds. The molecule has 30 heavy (non-hydrogen) atoms. The predicted octanol–water partition coefficient (Wildman–Crippen LogP) is 5.56. The van der Waals surface area contributed by atoms with Gasteiger partial charge in [0, 0.05) is 5.69 Å². The van der Waals surface area contributed by atoms with Crippen molar-refractivity contribution < 1.29 is 13.2 Å². The Morgan fingerprint density at radius 1 is 0.933 bits per heavy atom. The number of hydrogen-bond acceptors (Lipinski definition) is 5. The van der Waals surface area contributed by atoms with Crippen LogP contribution in [0, 0.1) is 0 Å². The van der Waals surface area contributed by atoms with Gasteiger partial charge in [-0.05, 0) is 36.4 Å². The van der Waals surface area contributed by atoms with Crippen molar-refractivity contribution in [2.75, 3.05) is 0 Å². The number of benzene rings is 2. The Kier molecular flexibility index (Phi) is 4.80. The highest BCUT2D eigenvalue weighted by molar-refractivity contribution is 7.98. The van der Waals surface area contributed by atoms with E-state index in [1.807, 2.05) is 34.9 Å². The Hall–Kier alpha value is -3.46. The van der Waals surface area contributed by atoms with Crippen molar-refractivity contribution in [1.82, 2.24) is 24.3 Å². The molecule has 0 saturated heterocycles. The van der Waals surface area contributed by atoms with Crippen LogP contribution in [0.3, 0.4) is 0 Å². The summed E-state index contributed by atoms with van der Waals surface area (Å²) in [4.78, 5) is 4.39. The molecule has 5 aromatic rings. The Labute approximate surface area is 174 Å². The Balaban J connectivity index is 1.54. The lowest BCUT2D eigenvalue weighted by Crippen LogP contribution is -2.04. The summed E-state index contributed by atoms with van der Waals surface area (Å²) < 4.78 is 35.7. The molecule has 150 valence electrons. The third-order valence-electron chi connectivity index (χ3n) is 4.58. The van der Waals surface area contributed by atoms with Crippen LogP contribution >= 0.6 is 11.8 Å². The number of thioether (sulfide) groups is 1. The number of hydrogen-bond donors (Lipinski definition) is 0. The molecule has 0 N–H and O–H groups in total. The lowest BCUT2D eigenvalue weighted by molar-refractivity contribution is 0.0722. The second-order valence-electron chi connectivity index (χ2n) is 6.41. The summed E-state index contributed by atoms with van der Waals surface area (Å²) in [5, 5.41) is 9.11. The lowest BCUT2D eigenvalue weighted by atomic mass is 10.3. The fourth-order valence-corrected chi connectivity index (χ4v) is 4.16. The van der Waals surface area contributed by atoms with Crippen molar-refractivity contribution in [3.05, 3.63) is 78.8 Å². The van der Waals surface area contributed by atoms with Crippen LogP contribution in [-0.4, -0.2) is 24.3 Å². The van der Waals surface area contributed by atoms with Gasteiger partial charge in [-0.2, -0.15) is 8.78 Å². The summed E-state index contributed by atoms with van der Waals surface area (Å²) in [5.41, 5.74) is 1.79. The maximum Gasteiger partial charge on any atom is 0.320 e. The zero-order valence-corrected chi connectivity index (χ0v) is 16.3.